The summed E-state index contributed by atoms with van der Waals surface area (Å²) in [7, 11) is 0. The fraction of sp³-hybridized carbons (Fsp3) is 0.294. The fourth-order valence-electron chi connectivity index (χ4n) is 2.28. The van der Waals surface area contributed by atoms with E-state index in [1.54, 1.807) is 19.1 Å². The summed E-state index contributed by atoms with van der Waals surface area (Å²) < 4.78 is 28.7. The van der Waals surface area contributed by atoms with E-state index in [2.05, 4.69) is 30.0 Å². The Morgan fingerprint density at radius 3 is 2.71 bits per heavy atom. The molecule has 11 heteroatoms. The summed E-state index contributed by atoms with van der Waals surface area (Å²) in [5.41, 5.74) is 1.13. The maximum Gasteiger partial charge on any atom is 0.387 e. The highest BCUT2D eigenvalue weighted by Gasteiger charge is 2.13. The molecule has 0 amide bonds. The molecule has 1 atom stereocenters. The number of aromatic amines is 1. The van der Waals surface area contributed by atoms with Crippen LogP contribution in [0.25, 0.3) is 11.2 Å². The number of halogens is 2. The number of aliphatic hydroxyl groups excluding tert-OH is 1. The molecule has 0 fully saturated rings. The molecular weight excluding hydrogens is 392 g/mol. The Labute approximate surface area is 162 Å². The van der Waals surface area contributed by atoms with Gasteiger partial charge in [-0.1, -0.05) is 23.9 Å². The first-order valence-electron chi connectivity index (χ1n) is 8.25. The van der Waals surface area contributed by atoms with Crippen molar-refractivity contribution in [1.82, 2.24) is 19.9 Å². The first-order valence-corrected chi connectivity index (χ1v) is 9.24. The normalized spacial score (nSPS) is 12.3. The van der Waals surface area contributed by atoms with Crippen molar-refractivity contribution in [1.29, 1.82) is 0 Å². The van der Waals surface area contributed by atoms with Crippen LogP contribution in [0.3, 0.4) is 0 Å². The number of hydrogen-bond donors (Lipinski definition) is 3. The van der Waals surface area contributed by atoms with Crippen molar-refractivity contribution in [3.8, 4) is 5.75 Å². The molecule has 3 N–H and O–H groups in total. The molecule has 0 saturated heterocycles. The lowest BCUT2D eigenvalue weighted by molar-refractivity contribution is -0.0498. The number of aromatic nitrogens is 4. The molecule has 0 aliphatic rings. The summed E-state index contributed by atoms with van der Waals surface area (Å²) in [6, 6.07) is 5.98. The SMILES string of the molecule is C[C@H](CO)Nc1nc(SCc2ccc(OC(F)F)cc2)nc2[nH]c(=O)cnc12. The van der Waals surface area contributed by atoms with Crippen LogP contribution >= 0.6 is 11.8 Å². The lowest BCUT2D eigenvalue weighted by Gasteiger charge is -2.13. The van der Waals surface area contributed by atoms with Crippen LogP contribution in [0.15, 0.2) is 40.4 Å². The van der Waals surface area contributed by atoms with Crippen LogP contribution in [0, 0.1) is 0 Å². The second kappa shape index (κ2) is 8.93. The monoisotopic (exact) mass is 409 g/mol. The summed E-state index contributed by atoms with van der Waals surface area (Å²) in [4.78, 5) is 27.0. The van der Waals surface area contributed by atoms with Crippen molar-refractivity contribution >= 4 is 28.7 Å². The standard InChI is InChI=1S/C17H17F2N5O3S/c1-9(7-25)21-14-13-15(22-12(26)6-20-13)24-17(23-14)28-8-10-2-4-11(5-3-10)27-16(18)19/h2-6,9,16,25H,7-8H2,1H3,(H2,21,22,23,24,26)/t9-/m1/s1. The van der Waals surface area contributed by atoms with E-state index in [4.69, 9.17) is 0 Å². The molecule has 0 bridgehead atoms. The van der Waals surface area contributed by atoms with Crippen molar-refractivity contribution in [3.63, 3.8) is 0 Å². The number of benzene rings is 1. The molecule has 0 aliphatic carbocycles. The third-order valence-electron chi connectivity index (χ3n) is 3.59. The molecule has 0 unspecified atom stereocenters. The van der Waals surface area contributed by atoms with Gasteiger partial charge < -0.3 is 20.1 Å². The summed E-state index contributed by atoms with van der Waals surface area (Å²) >= 11 is 1.30. The van der Waals surface area contributed by atoms with Crippen molar-refractivity contribution in [2.45, 2.75) is 30.5 Å². The number of thioether (sulfide) groups is 1. The van der Waals surface area contributed by atoms with E-state index in [0.29, 0.717) is 22.2 Å². The van der Waals surface area contributed by atoms with Gasteiger partial charge in [0, 0.05) is 11.8 Å². The number of H-pyrrole nitrogens is 1. The topological polar surface area (TPSA) is 113 Å². The minimum atomic E-state index is -2.87. The van der Waals surface area contributed by atoms with Gasteiger partial charge in [0.05, 0.1) is 12.8 Å². The minimum Gasteiger partial charge on any atom is -0.435 e. The Hall–Kier alpha value is -2.79. The van der Waals surface area contributed by atoms with Gasteiger partial charge >= 0.3 is 6.61 Å². The number of alkyl halides is 2. The third-order valence-corrected chi connectivity index (χ3v) is 4.51. The molecule has 1 aromatic carbocycles. The number of rotatable bonds is 8. The molecule has 0 aliphatic heterocycles. The van der Waals surface area contributed by atoms with Crippen LogP contribution in [0.5, 0.6) is 5.75 Å². The quantitative estimate of drug-likeness (QED) is 0.384. The molecule has 28 heavy (non-hydrogen) atoms. The van der Waals surface area contributed by atoms with Gasteiger partial charge in [-0.2, -0.15) is 8.78 Å². The minimum absolute atomic E-state index is 0.0823. The summed E-state index contributed by atoms with van der Waals surface area (Å²) in [6.45, 7) is -1.20. The van der Waals surface area contributed by atoms with Crippen LogP contribution in [0.2, 0.25) is 0 Å². The molecule has 2 heterocycles. The average molecular weight is 409 g/mol. The second-order valence-electron chi connectivity index (χ2n) is 5.84. The highest BCUT2D eigenvalue weighted by molar-refractivity contribution is 7.98. The molecule has 0 saturated carbocycles. The molecule has 0 spiro atoms. The van der Waals surface area contributed by atoms with Gasteiger partial charge in [0.25, 0.3) is 5.56 Å². The predicted molar refractivity (Wildman–Crippen MR) is 101 cm³/mol. The van der Waals surface area contributed by atoms with Gasteiger partial charge in [0.1, 0.15) is 11.3 Å². The van der Waals surface area contributed by atoms with E-state index in [1.807, 2.05) is 0 Å². The zero-order chi connectivity index (χ0) is 20.1. The maximum absolute atomic E-state index is 12.2. The number of hydrogen-bond acceptors (Lipinski definition) is 8. The predicted octanol–water partition coefficient (Wildman–Crippen LogP) is 2.40. The van der Waals surface area contributed by atoms with E-state index < -0.39 is 12.2 Å². The van der Waals surface area contributed by atoms with Crippen molar-refractivity contribution in [3.05, 3.63) is 46.4 Å². The molecule has 3 aromatic rings. The first kappa shape index (κ1) is 20.0. The second-order valence-corrected chi connectivity index (χ2v) is 6.78. The largest absolute Gasteiger partial charge is 0.435 e. The number of nitrogens with one attached hydrogen (secondary N) is 2. The van der Waals surface area contributed by atoms with Crippen molar-refractivity contribution in [2.75, 3.05) is 11.9 Å². The Bertz CT molecular complexity index is 1000. The summed E-state index contributed by atoms with van der Waals surface area (Å²) in [6.07, 6.45) is 1.14. The van der Waals surface area contributed by atoms with Gasteiger partial charge in [-0.3, -0.25) is 4.79 Å². The van der Waals surface area contributed by atoms with Gasteiger partial charge in [0.15, 0.2) is 16.6 Å². The molecule has 0 radical (unpaired) electrons. The third kappa shape index (κ3) is 5.14. The highest BCUT2D eigenvalue weighted by Crippen LogP contribution is 2.25. The fourth-order valence-corrected chi connectivity index (χ4v) is 3.08. The zero-order valence-corrected chi connectivity index (χ0v) is 15.5. The Morgan fingerprint density at radius 1 is 1.29 bits per heavy atom. The number of anilines is 1. The lowest BCUT2D eigenvalue weighted by Crippen LogP contribution is -2.21. The Morgan fingerprint density at radius 2 is 2.04 bits per heavy atom. The van der Waals surface area contributed by atoms with E-state index in [9.17, 15) is 18.7 Å². The van der Waals surface area contributed by atoms with Crippen LogP contribution in [0.4, 0.5) is 14.6 Å². The first-order chi connectivity index (χ1) is 13.4. The number of fused-ring (bicyclic) bond motifs is 1. The van der Waals surface area contributed by atoms with Gasteiger partial charge in [-0.15, -0.1) is 0 Å². The molecule has 3 rings (SSSR count). The maximum atomic E-state index is 12.2. The van der Waals surface area contributed by atoms with Crippen LogP contribution in [0.1, 0.15) is 12.5 Å². The molecule has 148 valence electrons. The Kier molecular flexibility index (Phi) is 6.37. The van der Waals surface area contributed by atoms with Crippen molar-refractivity contribution in [2.24, 2.45) is 0 Å². The van der Waals surface area contributed by atoms with Gasteiger partial charge in [-0.25, -0.2) is 15.0 Å². The lowest BCUT2D eigenvalue weighted by atomic mass is 10.2. The number of ether oxygens (including phenoxy) is 1. The van der Waals surface area contributed by atoms with E-state index in [1.165, 1.54) is 23.9 Å². The van der Waals surface area contributed by atoms with Crippen molar-refractivity contribution < 1.29 is 18.6 Å². The van der Waals surface area contributed by atoms with E-state index in [0.717, 1.165) is 11.8 Å². The highest BCUT2D eigenvalue weighted by atomic mass is 32.2. The molecule has 2 aromatic heterocycles. The van der Waals surface area contributed by atoms with Gasteiger partial charge in [-0.05, 0) is 24.6 Å². The number of nitrogens with zero attached hydrogens (tertiary/aromatic N) is 3. The van der Waals surface area contributed by atoms with E-state index >= 15 is 0 Å². The molecular formula is C17H17F2N5O3S. The van der Waals surface area contributed by atoms with E-state index in [-0.39, 0.29) is 24.0 Å². The van der Waals surface area contributed by atoms with Gasteiger partial charge in [0.2, 0.25) is 0 Å². The van der Waals surface area contributed by atoms with Crippen LogP contribution in [-0.2, 0) is 5.75 Å². The Balaban J connectivity index is 1.81. The summed E-state index contributed by atoms with van der Waals surface area (Å²) in [5, 5.41) is 12.7. The van der Waals surface area contributed by atoms with Crippen LogP contribution in [-0.4, -0.2) is 44.3 Å². The number of aliphatic hydroxyl groups is 1. The molecule has 8 nitrogen and oxygen atoms in total. The summed E-state index contributed by atoms with van der Waals surface area (Å²) in [5.74, 6) is 0.949. The average Bonchev–Trinajstić information content (AvgIpc) is 2.66. The smallest absolute Gasteiger partial charge is 0.387 e. The van der Waals surface area contributed by atoms with Crippen LogP contribution < -0.4 is 15.6 Å². The zero-order valence-electron chi connectivity index (χ0n) is 14.7.